The Morgan fingerprint density at radius 1 is 0.824 bits per heavy atom. The molecule has 0 atom stereocenters. The smallest absolute Gasteiger partial charge is 0.261 e. The first-order chi connectivity index (χ1) is 16.6. The van der Waals surface area contributed by atoms with Crippen molar-refractivity contribution in [1.82, 2.24) is 19.4 Å². The molecule has 4 aromatic rings. The van der Waals surface area contributed by atoms with Crippen LogP contribution in [0.25, 0.3) is 10.9 Å². The number of benzene rings is 3. The van der Waals surface area contributed by atoms with Gasteiger partial charge in [0.2, 0.25) is 5.91 Å². The molecule has 1 aliphatic heterocycles. The maximum absolute atomic E-state index is 13.1. The van der Waals surface area contributed by atoms with Crippen molar-refractivity contribution < 1.29 is 4.79 Å². The predicted octanol–water partition coefficient (Wildman–Crippen LogP) is 3.64. The second kappa shape index (κ2) is 9.61. The Labute approximate surface area is 199 Å². The van der Waals surface area contributed by atoms with Crippen molar-refractivity contribution in [2.24, 2.45) is 0 Å². The van der Waals surface area contributed by atoms with Gasteiger partial charge in [0.15, 0.2) is 0 Å². The third-order valence-corrected chi connectivity index (χ3v) is 6.61. The first-order valence-electron chi connectivity index (χ1n) is 11.7. The molecule has 1 fully saturated rings. The summed E-state index contributed by atoms with van der Waals surface area (Å²) in [5, 5.41) is 0.541. The summed E-state index contributed by atoms with van der Waals surface area (Å²) >= 11 is 0. The Bertz CT molecular complexity index is 1300. The summed E-state index contributed by atoms with van der Waals surface area (Å²) in [4.78, 5) is 34.9. The van der Waals surface area contributed by atoms with Crippen LogP contribution in [0.4, 0.5) is 0 Å². The number of carbonyl (C=O) groups excluding carboxylic acids is 1. The van der Waals surface area contributed by atoms with Crippen LogP contribution >= 0.6 is 0 Å². The fraction of sp³-hybridized carbons (Fsp3) is 0.250. The molecule has 1 amide bonds. The van der Waals surface area contributed by atoms with Gasteiger partial charge < -0.3 is 4.90 Å². The second-order valence-electron chi connectivity index (χ2n) is 8.71. The SMILES string of the molecule is Cc1nc2ccccc2c(=O)n1CC(=O)N1CCN(C(c2ccccc2)c2ccccc2)CC1. The monoisotopic (exact) mass is 452 g/mol. The molecule has 34 heavy (non-hydrogen) atoms. The van der Waals surface area contributed by atoms with Crippen LogP contribution in [0.5, 0.6) is 0 Å². The summed E-state index contributed by atoms with van der Waals surface area (Å²) in [6.45, 7) is 4.59. The van der Waals surface area contributed by atoms with Crippen LogP contribution in [0.3, 0.4) is 0 Å². The standard InChI is InChI=1S/C28H28N4O2/c1-21-29-25-15-9-8-14-24(25)28(34)32(21)20-26(33)30-16-18-31(19-17-30)27(22-10-4-2-5-11-22)23-12-6-3-7-13-23/h2-15,27H,16-20H2,1H3. The van der Waals surface area contributed by atoms with Crippen LogP contribution in [-0.2, 0) is 11.3 Å². The van der Waals surface area contributed by atoms with Crippen molar-refractivity contribution in [2.75, 3.05) is 26.2 Å². The summed E-state index contributed by atoms with van der Waals surface area (Å²) in [6, 6.07) is 28.4. The van der Waals surface area contributed by atoms with Gasteiger partial charge in [-0.15, -0.1) is 0 Å². The Morgan fingerprint density at radius 2 is 1.38 bits per heavy atom. The fourth-order valence-corrected chi connectivity index (χ4v) is 4.81. The van der Waals surface area contributed by atoms with Crippen molar-refractivity contribution in [3.05, 3.63) is 112 Å². The molecule has 1 saturated heterocycles. The van der Waals surface area contributed by atoms with Crippen LogP contribution < -0.4 is 5.56 Å². The number of aromatic nitrogens is 2. The molecule has 2 heterocycles. The highest BCUT2D eigenvalue weighted by molar-refractivity contribution is 5.79. The molecule has 0 radical (unpaired) electrons. The van der Waals surface area contributed by atoms with Crippen LogP contribution in [0.2, 0.25) is 0 Å². The topological polar surface area (TPSA) is 58.4 Å². The van der Waals surface area contributed by atoms with Gasteiger partial charge in [-0.1, -0.05) is 72.8 Å². The average Bonchev–Trinajstić information content (AvgIpc) is 2.88. The predicted molar refractivity (Wildman–Crippen MR) is 134 cm³/mol. The number of nitrogens with zero attached hydrogens (tertiary/aromatic N) is 4. The number of piperazine rings is 1. The third kappa shape index (κ3) is 4.37. The van der Waals surface area contributed by atoms with Gasteiger partial charge in [0.1, 0.15) is 12.4 Å². The second-order valence-corrected chi connectivity index (χ2v) is 8.71. The van der Waals surface area contributed by atoms with Crippen LogP contribution in [0.1, 0.15) is 23.0 Å². The summed E-state index contributed by atoms with van der Waals surface area (Å²) in [6.07, 6.45) is 0. The highest BCUT2D eigenvalue weighted by Crippen LogP contribution is 2.29. The Hall–Kier alpha value is -3.77. The lowest BCUT2D eigenvalue weighted by atomic mass is 9.96. The molecular weight excluding hydrogens is 424 g/mol. The van der Waals surface area contributed by atoms with Gasteiger partial charge in [-0.05, 0) is 30.2 Å². The molecule has 0 unspecified atom stereocenters. The minimum Gasteiger partial charge on any atom is -0.339 e. The van der Waals surface area contributed by atoms with Crippen molar-refractivity contribution in [2.45, 2.75) is 19.5 Å². The normalized spacial score (nSPS) is 14.6. The molecule has 1 aromatic heterocycles. The molecule has 0 N–H and O–H groups in total. The van der Waals surface area contributed by atoms with E-state index in [9.17, 15) is 9.59 Å². The number of fused-ring (bicyclic) bond motifs is 1. The maximum Gasteiger partial charge on any atom is 0.261 e. The van der Waals surface area contributed by atoms with E-state index >= 15 is 0 Å². The van der Waals surface area contributed by atoms with Gasteiger partial charge in [-0.3, -0.25) is 19.1 Å². The third-order valence-electron chi connectivity index (χ3n) is 6.61. The highest BCUT2D eigenvalue weighted by atomic mass is 16.2. The van der Waals surface area contributed by atoms with E-state index in [1.54, 1.807) is 13.0 Å². The number of aryl methyl sites for hydroxylation is 1. The molecule has 0 bridgehead atoms. The van der Waals surface area contributed by atoms with E-state index in [-0.39, 0.29) is 24.1 Å². The zero-order valence-electron chi connectivity index (χ0n) is 19.3. The lowest BCUT2D eigenvalue weighted by Crippen LogP contribution is -2.51. The number of hydrogen-bond donors (Lipinski definition) is 0. The summed E-state index contributed by atoms with van der Waals surface area (Å²) in [7, 11) is 0. The zero-order valence-corrected chi connectivity index (χ0v) is 19.3. The van der Waals surface area contributed by atoms with Crippen LogP contribution in [0, 0.1) is 6.92 Å². The number of carbonyl (C=O) groups is 1. The summed E-state index contributed by atoms with van der Waals surface area (Å²) in [5.74, 6) is 0.516. The van der Waals surface area contributed by atoms with Crippen LogP contribution in [-0.4, -0.2) is 51.4 Å². The van der Waals surface area contributed by atoms with E-state index < -0.39 is 0 Å². The minimum absolute atomic E-state index is 0.0172. The summed E-state index contributed by atoms with van der Waals surface area (Å²) < 4.78 is 1.49. The lowest BCUT2D eigenvalue weighted by Gasteiger charge is -2.40. The number of para-hydroxylation sites is 1. The van der Waals surface area contributed by atoms with Crippen LogP contribution in [0.15, 0.2) is 89.7 Å². The van der Waals surface area contributed by atoms with Gasteiger partial charge in [-0.2, -0.15) is 0 Å². The van der Waals surface area contributed by atoms with E-state index in [0.717, 1.165) is 13.1 Å². The molecule has 0 saturated carbocycles. The largest absolute Gasteiger partial charge is 0.339 e. The van der Waals surface area contributed by atoms with E-state index in [4.69, 9.17) is 0 Å². The maximum atomic E-state index is 13.1. The van der Waals surface area contributed by atoms with E-state index in [2.05, 4.69) is 58.4 Å². The Balaban J connectivity index is 1.32. The van der Waals surface area contributed by atoms with E-state index in [1.165, 1.54) is 15.7 Å². The quantitative estimate of drug-likeness (QED) is 0.464. The highest BCUT2D eigenvalue weighted by Gasteiger charge is 2.28. The number of rotatable bonds is 5. The van der Waals surface area contributed by atoms with Crippen molar-refractivity contribution in [1.29, 1.82) is 0 Å². The van der Waals surface area contributed by atoms with Crippen molar-refractivity contribution >= 4 is 16.8 Å². The van der Waals surface area contributed by atoms with Gasteiger partial charge in [0.05, 0.1) is 16.9 Å². The summed E-state index contributed by atoms with van der Waals surface area (Å²) in [5.41, 5.74) is 2.99. The molecule has 5 rings (SSSR count). The molecular formula is C28H28N4O2. The Kier molecular flexibility index (Phi) is 6.23. The number of amides is 1. The van der Waals surface area contributed by atoms with E-state index in [0.29, 0.717) is 29.8 Å². The van der Waals surface area contributed by atoms with Gasteiger partial charge in [0, 0.05) is 26.2 Å². The molecule has 6 heteroatoms. The van der Waals surface area contributed by atoms with Gasteiger partial charge in [0.25, 0.3) is 5.56 Å². The molecule has 172 valence electrons. The first kappa shape index (κ1) is 22.0. The minimum atomic E-state index is -0.164. The molecule has 1 aliphatic rings. The number of hydrogen-bond acceptors (Lipinski definition) is 4. The van der Waals surface area contributed by atoms with Crippen molar-refractivity contribution in [3.8, 4) is 0 Å². The first-order valence-corrected chi connectivity index (χ1v) is 11.7. The fourth-order valence-electron chi connectivity index (χ4n) is 4.81. The molecule has 6 nitrogen and oxygen atoms in total. The zero-order chi connectivity index (χ0) is 23.5. The van der Waals surface area contributed by atoms with E-state index in [1.807, 2.05) is 35.2 Å². The van der Waals surface area contributed by atoms with Crippen molar-refractivity contribution in [3.63, 3.8) is 0 Å². The average molecular weight is 453 g/mol. The van der Waals surface area contributed by atoms with Gasteiger partial charge >= 0.3 is 0 Å². The molecule has 0 aliphatic carbocycles. The molecule has 3 aromatic carbocycles. The Morgan fingerprint density at radius 3 is 2.00 bits per heavy atom. The lowest BCUT2D eigenvalue weighted by molar-refractivity contribution is -0.133. The molecule has 0 spiro atoms. The van der Waals surface area contributed by atoms with Gasteiger partial charge in [-0.25, -0.2) is 4.98 Å².